The van der Waals surface area contributed by atoms with Crippen molar-refractivity contribution < 1.29 is 14.3 Å². The maximum absolute atomic E-state index is 12.9. The van der Waals surface area contributed by atoms with Crippen LogP contribution in [0.5, 0.6) is 5.75 Å². The van der Waals surface area contributed by atoms with Gasteiger partial charge in [0.2, 0.25) is 0 Å². The van der Waals surface area contributed by atoms with E-state index in [2.05, 4.69) is 0 Å². The molecule has 0 bridgehead atoms. The van der Waals surface area contributed by atoms with E-state index in [0.29, 0.717) is 0 Å². The smallest absolute Gasteiger partial charge is 0.319 e. The van der Waals surface area contributed by atoms with Crippen LogP contribution in [0.25, 0.3) is 16.9 Å². The summed E-state index contributed by atoms with van der Waals surface area (Å²) in [7, 11) is 3.04. The molecule has 2 aromatic carbocycles. The third-order valence-electron chi connectivity index (χ3n) is 4.77. The first-order chi connectivity index (χ1) is 13.7. The number of carbonyl (C=O) groups excluding carboxylic acids is 1. The van der Waals surface area contributed by atoms with Crippen LogP contribution in [0.15, 0.2) is 79.0 Å². The number of hydrogen-bond donors (Lipinski definition) is 0. The molecule has 0 aliphatic rings. The zero-order valence-corrected chi connectivity index (χ0v) is 15.7. The lowest BCUT2D eigenvalue weighted by atomic mass is 9.92. The Morgan fingerprint density at radius 3 is 2.32 bits per heavy atom. The fourth-order valence-electron chi connectivity index (χ4n) is 3.42. The quantitative estimate of drug-likeness (QED) is 0.490. The number of ether oxygens (including phenoxy) is 2. The van der Waals surface area contributed by atoms with Gasteiger partial charge in [-0.15, -0.1) is 0 Å². The summed E-state index contributed by atoms with van der Waals surface area (Å²) >= 11 is 0. The highest BCUT2D eigenvalue weighted by atomic mass is 16.5. The number of nitrogens with zero attached hydrogens (tertiary/aromatic N) is 2. The van der Waals surface area contributed by atoms with E-state index in [1.165, 1.54) is 7.11 Å². The molecule has 1 atom stereocenters. The number of rotatable bonds is 5. The fraction of sp³-hybridized carbons (Fsp3) is 0.130. The van der Waals surface area contributed by atoms with Crippen molar-refractivity contribution >= 4 is 11.6 Å². The molecular formula is C23H20N2O3. The van der Waals surface area contributed by atoms with Crippen LogP contribution in [0.3, 0.4) is 0 Å². The Hall–Kier alpha value is -3.60. The maximum atomic E-state index is 12.9. The second kappa shape index (κ2) is 7.56. The lowest BCUT2D eigenvalue weighted by Gasteiger charge is -2.17. The average molecular weight is 372 g/mol. The highest BCUT2D eigenvalue weighted by Gasteiger charge is 2.30. The third kappa shape index (κ3) is 3.11. The molecule has 0 fully saturated rings. The highest BCUT2D eigenvalue weighted by molar-refractivity contribution is 5.85. The fourth-order valence-corrected chi connectivity index (χ4v) is 3.42. The summed E-state index contributed by atoms with van der Waals surface area (Å²) in [6.07, 6.45) is 1.92. The van der Waals surface area contributed by atoms with Crippen molar-refractivity contribution in [3.8, 4) is 17.0 Å². The van der Waals surface area contributed by atoms with E-state index in [9.17, 15) is 4.79 Å². The molecule has 4 aromatic rings. The van der Waals surface area contributed by atoms with Crippen molar-refractivity contribution in [3.63, 3.8) is 0 Å². The Morgan fingerprint density at radius 1 is 0.929 bits per heavy atom. The van der Waals surface area contributed by atoms with Crippen LogP contribution >= 0.6 is 0 Å². The predicted octanol–water partition coefficient (Wildman–Crippen LogP) is 4.31. The summed E-state index contributed by atoms with van der Waals surface area (Å²) in [4.78, 5) is 17.7. The average Bonchev–Trinajstić information content (AvgIpc) is 3.14. The Labute approximate surface area is 163 Å². The first-order valence-corrected chi connectivity index (χ1v) is 8.97. The Bertz CT molecular complexity index is 1100. The van der Waals surface area contributed by atoms with Gasteiger partial charge in [0.1, 0.15) is 17.3 Å². The Balaban J connectivity index is 1.98. The molecule has 5 heteroatoms. The molecule has 5 nitrogen and oxygen atoms in total. The monoisotopic (exact) mass is 372 g/mol. The molecule has 0 spiro atoms. The van der Waals surface area contributed by atoms with Gasteiger partial charge < -0.3 is 13.9 Å². The van der Waals surface area contributed by atoms with Gasteiger partial charge in [-0.1, -0.05) is 36.4 Å². The summed E-state index contributed by atoms with van der Waals surface area (Å²) in [6, 6.07) is 23.1. The summed E-state index contributed by atoms with van der Waals surface area (Å²) in [5.74, 6) is -0.158. The number of pyridine rings is 1. The van der Waals surface area contributed by atoms with E-state index < -0.39 is 5.92 Å². The van der Waals surface area contributed by atoms with Crippen molar-refractivity contribution in [2.45, 2.75) is 5.92 Å². The number of fused-ring (bicyclic) bond motifs is 1. The summed E-state index contributed by atoms with van der Waals surface area (Å²) in [5.41, 5.74) is 4.05. The normalized spacial score (nSPS) is 11.9. The van der Waals surface area contributed by atoms with Gasteiger partial charge in [0.05, 0.1) is 25.6 Å². The van der Waals surface area contributed by atoms with E-state index in [4.69, 9.17) is 14.5 Å². The van der Waals surface area contributed by atoms with Gasteiger partial charge in [0.15, 0.2) is 0 Å². The van der Waals surface area contributed by atoms with E-state index in [1.54, 1.807) is 7.11 Å². The number of methoxy groups -OCH3 is 2. The second-order valence-electron chi connectivity index (χ2n) is 6.37. The number of aromatic nitrogens is 2. The minimum absolute atomic E-state index is 0.327. The SMILES string of the molecule is COC(=O)C(c1ccccc1)c1c(-c2ccc(OC)cc2)nc2ccccn12. The van der Waals surface area contributed by atoms with Crippen LogP contribution in [0.2, 0.25) is 0 Å². The molecule has 0 N–H and O–H groups in total. The van der Waals surface area contributed by atoms with Crippen LogP contribution in [0.1, 0.15) is 17.2 Å². The first kappa shape index (κ1) is 17.8. The zero-order chi connectivity index (χ0) is 19.5. The van der Waals surface area contributed by atoms with Gasteiger partial charge >= 0.3 is 5.97 Å². The molecule has 2 heterocycles. The molecule has 2 aromatic heterocycles. The molecule has 4 rings (SSSR count). The molecule has 0 aliphatic carbocycles. The molecule has 0 aliphatic heterocycles. The molecule has 140 valence electrons. The van der Waals surface area contributed by atoms with Crippen LogP contribution in [0, 0.1) is 0 Å². The predicted molar refractivity (Wildman–Crippen MR) is 107 cm³/mol. The van der Waals surface area contributed by atoms with E-state index in [1.807, 2.05) is 83.4 Å². The minimum Gasteiger partial charge on any atom is -0.497 e. The van der Waals surface area contributed by atoms with E-state index >= 15 is 0 Å². The van der Waals surface area contributed by atoms with Gasteiger partial charge in [-0.05, 0) is 42.0 Å². The minimum atomic E-state index is -0.597. The molecule has 1 unspecified atom stereocenters. The Morgan fingerprint density at radius 2 is 1.64 bits per heavy atom. The molecule has 0 radical (unpaired) electrons. The van der Waals surface area contributed by atoms with Crippen molar-refractivity contribution in [2.75, 3.05) is 14.2 Å². The van der Waals surface area contributed by atoms with Crippen molar-refractivity contribution in [1.82, 2.24) is 9.38 Å². The molecule has 0 saturated heterocycles. The lowest BCUT2D eigenvalue weighted by molar-refractivity contribution is -0.141. The molecular weight excluding hydrogens is 352 g/mol. The Kier molecular flexibility index (Phi) is 4.81. The van der Waals surface area contributed by atoms with Crippen LogP contribution in [-0.2, 0) is 9.53 Å². The topological polar surface area (TPSA) is 52.8 Å². The van der Waals surface area contributed by atoms with Crippen molar-refractivity contribution in [1.29, 1.82) is 0 Å². The summed E-state index contributed by atoms with van der Waals surface area (Å²) in [5, 5.41) is 0. The lowest BCUT2D eigenvalue weighted by Crippen LogP contribution is -2.18. The van der Waals surface area contributed by atoms with Crippen LogP contribution in [-0.4, -0.2) is 29.6 Å². The maximum Gasteiger partial charge on any atom is 0.319 e. The van der Waals surface area contributed by atoms with E-state index in [-0.39, 0.29) is 5.97 Å². The van der Waals surface area contributed by atoms with Gasteiger partial charge in [-0.3, -0.25) is 4.79 Å². The zero-order valence-electron chi connectivity index (χ0n) is 15.7. The highest BCUT2D eigenvalue weighted by Crippen LogP contribution is 2.35. The van der Waals surface area contributed by atoms with Gasteiger partial charge in [-0.25, -0.2) is 4.98 Å². The molecule has 28 heavy (non-hydrogen) atoms. The molecule has 0 amide bonds. The van der Waals surface area contributed by atoms with Gasteiger partial charge in [-0.2, -0.15) is 0 Å². The summed E-state index contributed by atoms with van der Waals surface area (Å²) < 4.78 is 12.4. The second-order valence-corrected chi connectivity index (χ2v) is 6.37. The first-order valence-electron chi connectivity index (χ1n) is 8.97. The number of hydrogen-bond acceptors (Lipinski definition) is 4. The number of esters is 1. The number of carbonyl (C=O) groups is 1. The van der Waals surface area contributed by atoms with E-state index in [0.717, 1.165) is 33.9 Å². The van der Waals surface area contributed by atoms with Crippen molar-refractivity contribution in [2.24, 2.45) is 0 Å². The van der Waals surface area contributed by atoms with Gasteiger partial charge in [0, 0.05) is 11.8 Å². The van der Waals surface area contributed by atoms with Crippen LogP contribution < -0.4 is 4.74 Å². The molecule has 0 saturated carbocycles. The number of imidazole rings is 1. The van der Waals surface area contributed by atoms with Gasteiger partial charge in [0.25, 0.3) is 0 Å². The standard InChI is InChI=1S/C23H20N2O3/c1-27-18-13-11-17(12-14-18)21-22(25-15-7-6-10-19(25)24-21)20(23(26)28-2)16-8-4-3-5-9-16/h3-15,20H,1-2H3. The number of benzene rings is 2. The largest absolute Gasteiger partial charge is 0.497 e. The summed E-state index contributed by atoms with van der Waals surface area (Å²) in [6.45, 7) is 0. The van der Waals surface area contributed by atoms with Crippen LogP contribution in [0.4, 0.5) is 0 Å². The third-order valence-corrected chi connectivity index (χ3v) is 4.77. The van der Waals surface area contributed by atoms with Crippen molar-refractivity contribution in [3.05, 3.63) is 90.3 Å².